The van der Waals surface area contributed by atoms with Crippen molar-refractivity contribution in [1.29, 1.82) is 0 Å². The molecular formula is C10H15NO2. The fourth-order valence-electron chi connectivity index (χ4n) is 1.16. The molecule has 1 aromatic rings. The Hall–Kier alpha value is -1.06. The summed E-state index contributed by atoms with van der Waals surface area (Å²) in [7, 11) is 1.79. The number of hydrogen-bond acceptors (Lipinski definition) is 3. The Labute approximate surface area is 78.0 Å². The maximum Gasteiger partial charge on any atom is 0.115 e. The summed E-state index contributed by atoms with van der Waals surface area (Å²) in [6, 6.07) is 6.63. The lowest BCUT2D eigenvalue weighted by molar-refractivity contribution is 0.140. The third-order valence-corrected chi connectivity index (χ3v) is 2.14. The predicted octanol–water partition coefficient (Wildman–Crippen LogP) is 1.03. The van der Waals surface area contributed by atoms with Gasteiger partial charge < -0.3 is 15.5 Å². The molecule has 0 aliphatic rings. The average Bonchev–Trinajstić information content (AvgIpc) is 2.15. The van der Waals surface area contributed by atoms with Crippen LogP contribution in [0.3, 0.4) is 0 Å². The molecule has 3 heteroatoms. The zero-order chi connectivity index (χ0) is 9.84. The number of aliphatic hydroxyl groups is 1. The van der Waals surface area contributed by atoms with Crippen molar-refractivity contribution in [3.63, 3.8) is 0 Å². The normalized spacial score (nSPS) is 15.3. The molecule has 0 amide bonds. The molecule has 0 aromatic heterocycles. The Bertz CT molecular complexity index is 275. The lowest BCUT2D eigenvalue weighted by atomic mass is 10.0. The van der Waals surface area contributed by atoms with Gasteiger partial charge in [-0.25, -0.2) is 0 Å². The molecule has 0 saturated carbocycles. The standard InChI is InChI=1S/C10H15NO2/c1-7(11-2)10(13)8-4-3-5-9(12)6-8/h3-7,10-13H,1-2H3/t7-,10-/m0/s1/i2-1. The Morgan fingerprint density at radius 1 is 1.38 bits per heavy atom. The van der Waals surface area contributed by atoms with Crippen molar-refractivity contribution in [2.45, 2.75) is 19.1 Å². The van der Waals surface area contributed by atoms with Crippen LogP contribution in [-0.4, -0.2) is 23.3 Å². The lowest BCUT2D eigenvalue weighted by Gasteiger charge is -2.18. The average molecular weight is 180 g/mol. The number of phenolic OH excluding ortho intramolecular Hbond substituents is 1. The molecule has 0 bridgehead atoms. The van der Waals surface area contributed by atoms with Gasteiger partial charge in [0.1, 0.15) is 5.75 Å². The van der Waals surface area contributed by atoms with E-state index in [4.69, 9.17) is 0 Å². The Balaban J connectivity index is 2.82. The van der Waals surface area contributed by atoms with Crippen molar-refractivity contribution >= 4 is 0 Å². The largest absolute Gasteiger partial charge is 0.508 e. The van der Waals surface area contributed by atoms with E-state index in [2.05, 4.69) is 5.32 Å². The predicted molar refractivity (Wildman–Crippen MR) is 51.6 cm³/mol. The number of hydrogen-bond donors (Lipinski definition) is 3. The molecule has 0 fully saturated rings. The van der Waals surface area contributed by atoms with Gasteiger partial charge in [-0.3, -0.25) is 0 Å². The smallest absolute Gasteiger partial charge is 0.115 e. The first-order chi connectivity index (χ1) is 6.15. The van der Waals surface area contributed by atoms with Gasteiger partial charge in [0.15, 0.2) is 0 Å². The zero-order valence-electron chi connectivity index (χ0n) is 7.86. The number of nitrogens with one attached hydrogen (secondary N) is 1. The molecule has 1 aromatic carbocycles. The van der Waals surface area contributed by atoms with Crippen LogP contribution in [0, 0.1) is 0 Å². The lowest BCUT2D eigenvalue weighted by Crippen LogP contribution is -2.28. The zero-order valence-corrected chi connectivity index (χ0v) is 7.86. The molecule has 0 saturated heterocycles. The number of aliphatic hydroxyl groups excluding tert-OH is 1. The van der Waals surface area contributed by atoms with Crippen molar-refractivity contribution in [1.82, 2.24) is 5.32 Å². The summed E-state index contributed by atoms with van der Waals surface area (Å²) in [6.45, 7) is 1.88. The summed E-state index contributed by atoms with van der Waals surface area (Å²) in [5, 5.41) is 21.9. The molecule has 1 rings (SSSR count). The molecule has 0 heterocycles. The maximum absolute atomic E-state index is 9.74. The van der Waals surface area contributed by atoms with Crippen LogP contribution < -0.4 is 5.32 Å². The minimum atomic E-state index is -0.586. The van der Waals surface area contributed by atoms with Gasteiger partial charge in [-0.15, -0.1) is 0 Å². The molecule has 3 N–H and O–H groups in total. The van der Waals surface area contributed by atoms with Gasteiger partial charge in [0.05, 0.1) is 6.10 Å². The molecule has 72 valence electrons. The summed E-state index contributed by atoms with van der Waals surface area (Å²) < 4.78 is 0. The van der Waals surface area contributed by atoms with Crippen molar-refractivity contribution in [3.8, 4) is 5.75 Å². The van der Waals surface area contributed by atoms with Crippen LogP contribution in [0.4, 0.5) is 0 Å². The number of aromatic hydroxyl groups is 1. The highest BCUT2D eigenvalue weighted by atomic mass is 16.3. The van der Waals surface area contributed by atoms with Crippen LogP contribution >= 0.6 is 0 Å². The van der Waals surface area contributed by atoms with Gasteiger partial charge >= 0.3 is 0 Å². The van der Waals surface area contributed by atoms with Crippen molar-refractivity contribution in [3.05, 3.63) is 29.8 Å². The molecule has 0 unspecified atom stereocenters. The maximum atomic E-state index is 9.74. The number of benzene rings is 1. The molecule has 0 spiro atoms. The molecule has 2 atom stereocenters. The first kappa shape index (κ1) is 10.0. The van der Waals surface area contributed by atoms with Crippen molar-refractivity contribution < 1.29 is 10.2 Å². The quantitative estimate of drug-likeness (QED) is 0.651. The van der Waals surface area contributed by atoms with Gasteiger partial charge in [-0.05, 0) is 31.7 Å². The third kappa shape index (κ3) is 2.44. The first-order valence-electron chi connectivity index (χ1n) is 4.29. The van der Waals surface area contributed by atoms with E-state index in [1.54, 1.807) is 31.3 Å². The van der Waals surface area contributed by atoms with E-state index in [9.17, 15) is 10.2 Å². The van der Waals surface area contributed by atoms with Crippen LogP contribution in [-0.2, 0) is 0 Å². The number of likely N-dealkylation sites (N-methyl/N-ethyl adjacent to an activating group) is 1. The summed E-state index contributed by atoms with van der Waals surface area (Å²) in [5.74, 6) is 0.180. The van der Waals surface area contributed by atoms with E-state index in [-0.39, 0.29) is 11.8 Å². The van der Waals surface area contributed by atoms with Crippen molar-refractivity contribution in [2.24, 2.45) is 0 Å². The highest BCUT2D eigenvalue weighted by Gasteiger charge is 2.14. The summed E-state index contributed by atoms with van der Waals surface area (Å²) in [5.41, 5.74) is 0.724. The molecule has 0 aliphatic heterocycles. The SMILES string of the molecule is C[C@H](N[11CH3])[C@H](O)c1cccc(O)c1. The second-order valence-electron chi connectivity index (χ2n) is 3.12. The second-order valence-corrected chi connectivity index (χ2v) is 3.12. The van der Waals surface area contributed by atoms with Crippen LogP contribution in [0.15, 0.2) is 24.3 Å². The van der Waals surface area contributed by atoms with Crippen LogP contribution in [0.2, 0.25) is 0 Å². The molecule has 3 nitrogen and oxygen atoms in total. The van der Waals surface area contributed by atoms with E-state index in [1.807, 2.05) is 6.92 Å². The summed E-state index contributed by atoms with van der Waals surface area (Å²) in [4.78, 5) is 0. The number of phenols is 1. The first-order valence-corrected chi connectivity index (χ1v) is 4.29. The monoisotopic (exact) mass is 180 g/mol. The van der Waals surface area contributed by atoms with Gasteiger partial charge in [-0.2, -0.15) is 0 Å². The van der Waals surface area contributed by atoms with Gasteiger partial charge in [0.25, 0.3) is 0 Å². The third-order valence-electron chi connectivity index (χ3n) is 2.14. The topological polar surface area (TPSA) is 52.5 Å². The summed E-state index contributed by atoms with van der Waals surface area (Å²) >= 11 is 0. The minimum absolute atomic E-state index is 0.0261. The second kappa shape index (κ2) is 4.25. The number of rotatable bonds is 3. The molecule has 0 radical (unpaired) electrons. The van der Waals surface area contributed by atoms with Crippen LogP contribution in [0.1, 0.15) is 18.6 Å². The fraction of sp³-hybridized carbons (Fsp3) is 0.400. The summed E-state index contributed by atoms with van der Waals surface area (Å²) in [6.07, 6.45) is -0.586. The van der Waals surface area contributed by atoms with Crippen LogP contribution in [0.25, 0.3) is 0 Å². The van der Waals surface area contributed by atoms with E-state index < -0.39 is 6.10 Å². The van der Waals surface area contributed by atoms with E-state index in [0.717, 1.165) is 5.56 Å². The van der Waals surface area contributed by atoms with Crippen LogP contribution in [0.5, 0.6) is 5.75 Å². The Kier molecular flexibility index (Phi) is 3.28. The van der Waals surface area contributed by atoms with E-state index in [0.29, 0.717) is 0 Å². The molecule has 0 aliphatic carbocycles. The fourth-order valence-corrected chi connectivity index (χ4v) is 1.16. The van der Waals surface area contributed by atoms with Gasteiger partial charge in [-0.1, -0.05) is 12.1 Å². The van der Waals surface area contributed by atoms with Gasteiger partial charge in [0, 0.05) is 6.04 Å². The minimum Gasteiger partial charge on any atom is -0.508 e. The van der Waals surface area contributed by atoms with Crippen molar-refractivity contribution in [2.75, 3.05) is 7.05 Å². The Morgan fingerprint density at radius 2 is 2.08 bits per heavy atom. The van der Waals surface area contributed by atoms with E-state index in [1.165, 1.54) is 0 Å². The molecule has 13 heavy (non-hydrogen) atoms. The highest BCUT2D eigenvalue weighted by Crippen LogP contribution is 2.20. The highest BCUT2D eigenvalue weighted by molar-refractivity contribution is 5.29. The Morgan fingerprint density at radius 3 is 2.62 bits per heavy atom. The van der Waals surface area contributed by atoms with Gasteiger partial charge in [0.2, 0.25) is 0 Å². The van der Waals surface area contributed by atoms with E-state index >= 15 is 0 Å². The molecular weight excluding hydrogens is 165 g/mol.